The second kappa shape index (κ2) is 8.45. The molecular weight excluding hydrogens is 440 g/mol. The molecule has 0 atom stereocenters. The Morgan fingerprint density at radius 3 is 2.52 bits per heavy atom. The van der Waals surface area contributed by atoms with Crippen LogP contribution in [0, 0.1) is 0 Å². The molecule has 5 rings (SSSR count). The van der Waals surface area contributed by atoms with E-state index in [4.69, 9.17) is 10.1 Å². The minimum atomic E-state index is -3.77. The van der Waals surface area contributed by atoms with E-state index in [0.717, 1.165) is 36.9 Å². The third kappa shape index (κ3) is 4.39. The number of aromatic nitrogens is 2. The van der Waals surface area contributed by atoms with Crippen LogP contribution in [0.2, 0.25) is 0 Å². The van der Waals surface area contributed by atoms with E-state index in [9.17, 15) is 13.2 Å². The number of carbonyl (C=O) groups excluding carboxylic acids is 1. The van der Waals surface area contributed by atoms with E-state index in [1.165, 1.54) is 12.1 Å². The number of nitrogens with one attached hydrogen (secondary N) is 2. The molecule has 2 heterocycles. The van der Waals surface area contributed by atoms with Crippen LogP contribution in [0.25, 0.3) is 0 Å². The Bertz CT molecular complexity index is 1300. The number of fused-ring (bicyclic) bond motifs is 2. The standard InChI is InChI=1S/C23H24N6O3S/c24-33(31,32)18-11-9-16(10-12-18)26-23-25-14-19-22(28-23)29(17-6-2-3-7-17)20-8-4-1-5-15(20)13-21(30)27-19/h1,4-5,8-12,14,17H,2-3,6-7,13H2,(H,27,30)(H2,24,31,32)(H,25,26,28). The quantitative estimate of drug-likeness (QED) is 0.539. The number of rotatable bonds is 4. The third-order valence-electron chi connectivity index (χ3n) is 6.00. The molecule has 0 saturated heterocycles. The maximum atomic E-state index is 12.6. The fourth-order valence-electron chi connectivity index (χ4n) is 4.47. The van der Waals surface area contributed by atoms with E-state index >= 15 is 0 Å². The van der Waals surface area contributed by atoms with E-state index < -0.39 is 10.0 Å². The summed E-state index contributed by atoms with van der Waals surface area (Å²) in [5, 5.41) is 11.3. The number of nitrogens with two attached hydrogens (primary N) is 1. The van der Waals surface area contributed by atoms with Gasteiger partial charge in [0.2, 0.25) is 21.9 Å². The fourth-order valence-corrected chi connectivity index (χ4v) is 4.99. The summed E-state index contributed by atoms with van der Waals surface area (Å²) in [4.78, 5) is 24.0. The summed E-state index contributed by atoms with van der Waals surface area (Å²) in [5.41, 5.74) is 3.13. The number of nitrogens with zero attached hydrogens (tertiary/aromatic N) is 3. The maximum Gasteiger partial charge on any atom is 0.238 e. The highest BCUT2D eigenvalue weighted by Gasteiger charge is 2.31. The molecule has 3 aromatic rings. The lowest BCUT2D eigenvalue weighted by Gasteiger charge is -2.34. The molecule has 1 saturated carbocycles. The molecule has 9 nitrogen and oxygen atoms in total. The molecule has 1 amide bonds. The molecule has 0 bridgehead atoms. The average Bonchev–Trinajstić information content (AvgIpc) is 3.30. The Morgan fingerprint density at radius 1 is 1.06 bits per heavy atom. The lowest BCUT2D eigenvalue weighted by atomic mass is 10.0. The van der Waals surface area contributed by atoms with E-state index in [-0.39, 0.29) is 23.3 Å². The van der Waals surface area contributed by atoms with Gasteiger partial charge in [-0.1, -0.05) is 31.0 Å². The van der Waals surface area contributed by atoms with Gasteiger partial charge in [-0.15, -0.1) is 0 Å². The van der Waals surface area contributed by atoms with Crippen molar-refractivity contribution in [3.63, 3.8) is 0 Å². The number of amides is 1. The second-order valence-corrected chi connectivity index (χ2v) is 9.85. The summed E-state index contributed by atoms with van der Waals surface area (Å²) < 4.78 is 23.0. The number of carbonyl (C=O) groups is 1. The minimum absolute atomic E-state index is 0.0267. The Kier molecular flexibility index (Phi) is 5.47. The third-order valence-corrected chi connectivity index (χ3v) is 6.93. The van der Waals surface area contributed by atoms with E-state index in [1.807, 2.05) is 24.3 Å². The smallest absolute Gasteiger partial charge is 0.238 e. The molecule has 33 heavy (non-hydrogen) atoms. The summed E-state index contributed by atoms with van der Waals surface area (Å²) in [5.74, 6) is 0.867. The second-order valence-electron chi connectivity index (χ2n) is 8.29. The highest BCUT2D eigenvalue weighted by molar-refractivity contribution is 7.89. The van der Waals surface area contributed by atoms with Crippen molar-refractivity contribution in [1.29, 1.82) is 0 Å². The molecule has 0 unspecified atom stereocenters. The summed E-state index contributed by atoms with van der Waals surface area (Å²) in [6, 6.07) is 14.3. The molecule has 170 valence electrons. The predicted octanol–water partition coefficient (Wildman–Crippen LogP) is 3.44. The van der Waals surface area contributed by atoms with Crippen LogP contribution in [0.1, 0.15) is 31.2 Å². The van der Waals surface area contributed by atoms with Gasteiger partial charge in [-0.3, -0.25) is 4.79 Å². The zero-order valence-corrected chi connectivity index (χ0v) is 18.7. The van der Waals surface area contributed by atoms with Crippen LogP contribution in [-0.2, 0) is 21.2 Å². The zero-order chi connectivity index (χ0) is 23.0. The molecule has 1 aliphatic carbocycles. The first kappa shape index (κ1) is 21.4. The number of sulfonamides is 1. The van der Waals surface area contributed by atoms with Crippen LogP contribution in [0.5, 0.6) is 0 Å². The van der Waals surface area contributed by atoms with Crippen molar-refractivity contribution in [1.82, 2.24) is 9.97 Å². The Balaban J connectivity index is 1.55. The van der Waals surface area contributed by atoms with Crippen LogP contribution < -0.4 is 20.7 Å². The van der Waals surface area contributed by atoms with Crippen LogP contribution in [0.15, 0.2) is 59.6 Å². The number of hydrogen-bond acceptors (Lipinski definition) is 7. The molecule has 2 aliphatic rings. The number of benzene rings is 2. The first-order valence-corrected chi connectivity index (χ1v) is 12.4. The van der Waals surface area contributed by atoms with Gasteiger partial charge in [0.25, 0.3) is 0 Å². The maximum absolute atomic E-state index is 12.6. The number of anilines is 5. The highest BCUT2D eigenvalue weighted by atomic mass is 32.2. The molecule has 10 heteroatoms. The first-order valence-electron chi connectivity index (χ1n) is 10.8. The van der Waals surface area contributed by atoms with Crippen LogP contribution in [-0.4, -0.2) is 30.3 Å². The van der Waals surface area contributed by atoms with E-state index in [0.29, 0.717) is 23.1 Å². The molecule has 4 N–H and O–H groups in total. The van der Waals surface area contributed by atoms with E-state index in [2.05, 4.69) is 20.5 Å². The fraction of sp³-hybridized carbons (Fsp3) is 0.261. The Morgan fingerprint density at radius 2 is 1.79 bits per heavy atom. The average molecular weight is 465 g/mol. The first-order chi connectivity index (χ1) is 15.9. The van der Waals surface area contributed by atoms with Crippen LogP contribution in [0.4, 0.5) is 28.8 Å². The van der Waals surface area contributed by atoms with Crippen molar-refractivity contribution in [2.45, 2.75) is 43.0 Å². The van der Waals surface area contributed by atoms with Gasteiger partial charge in [0.05, 0.1) is 17.5 Å². The molecule has 0 radical (unpaired) electrons. The molecular formula is C23H24N6O3S. The zero-order valence-electron chi connectivity index (χ0n) is 17.9. The number of primary sulfonamides is 1. The Hall–Kier alpha value is -3.50. The molecule has 1 fully saturated rings. The van der Waals surface area contributed by atoms with Gasteiger partial charge in [0.15, 0.2) is 5.82 Å². The lowest BCUT2D eigenvalue weighted by Crippen LogP contribution is -2.33. The van der Waals surface area contributed by atoms with Crippen molar-refractivity contribution in [2.24, 2.45) is 5.14 Å². The topological polar surface area (TPSA) is 130 Å². The van der Waals surface area contributed by atoms with Gasteiger partial charge < -0.3 is 15.5 Å². The largest absolute Gasteiger partial charge is 0.324 e. The van der Waals surface area contributed by atoms with Gasteiger partial charge in [-0.05, 0) is 48.7 Å². The van der Waals surface area contributed by atoms with Gasteiger partial charge in [-0.25, -0.2) is 18.5 Å². The summed E-state index contributed by atoms with van der Waals surface area (Å²) in [6.45, 7) is 0. The van der Waals surface area contributed by atoms with Crippen LogP contribution in [0.3, 0.4) is 0 Å². The van der Waals surface area contributed by atoms with E-state index in [1.54, 1.807) is 18.3 Å². The van der Waals surface area contributed by atoms with Crippen molar-refractivity contribution in [3.8, 4) is 0 Å². The van der Waals surface area contributed by atoms with Crippen molar-refractivity contribution in [3.05, 3.63) is 60.3 Å². The normalized spacial score (nSPS) is 16.4. The lowest BCUT2D eigenvalue weighted by molar-refractivity contribution is -0.115. The summed E-state index contributed by atoms with van der Waals surface area (Å²) in [7, 11) is -3.77. The predicted molar refractivity (Wildman–Crippen MR) is 126 cm³/mol. The van der Waals surface area contributed by atoms with Crippen molar-refractivity contribution >= 4 is 44.8 Å². The summed E-state index contributed by atoms with van der Waals surface area (Å²) >= 11 is 0. The highest BCUT2D eigenvalue weighted by Crippen LogP contribution is 2.41. The minimum Gasteiger partial charge on any atom is -0.324 e. The molecule has 1 aliphatic heterocycles. The molecule has 1 aromatic heterocycles. The van der Waals surface area contributed by atoms with Gasteiger partial charge in [-0.2, -0.15) is 4.98 Å². The Labute approximate surface area is 192 Å². The van der Waals surface area contributed by atoms with Gasteiger partial charge in [0, 0.05) is 17.4 Å². The molecule has 0 spiro atoms. The molecule has 2 aromatic carbocycles. The van der Waals surface area contributed by atoms with Gasteiger partial charge >= 0.3 is 0 Å². The van der Waals surface area contributed by atoms with Crippen molar-refractivity contribution < 1.29 is 13.2 Å². The summed E-state index contributed by atoms with van der Waals surface area (Å²) in [6.07, 6.45) is 6.29. The number of para-hydroxylation sites is 1. The van der Waals surface area contributed by atoms with Crippen LogP contribution >= 0.6 is 0 Å². The number of hydrogen-bond donors (Lipinski definition) is 3. The van der Waals surface area contributed by atoms with Gasteiger partial charge in [0.1, 0.15) is 5.69 Å². The SMILES string of the molecule is NS(=O)(=O)c1ccc(Nc2ncc3c(n2)N(C2CCCC2)c2ccccc2CC(=O)N3)cc1. The monoisotopic (exact) mass is 464 g/mol. The van der Waals surface area contributed by atoms with Crippen molar-refractivity contribution in [2.75, 3.05) is 15.5 Å².